The maximum Gasteiger partial charge on any atom is 0.228 e. The van der Waals surface area contributed by atoms with E-state index >= 15 is 0 Å². The number of hydrogen-bond acceptors (Lipinski definition) is 6. The Bertz CT molecular complexity index is 352. The first-order valence-electron chi connectivity index (χ1n) is 6.61. The van der Waals surface area contributed by atoms with Crippen molar-refractivity contribution in [1.82, 2.24) is 9.97 Å². The van der Waals surface area contributed by atoms with E-state index in [2.05, 4.69) is 14.9 Å². The Labute approximate surface area is 114 Å². The van der Waals surface area contributed by atoms with Gasteiger partial charge in [0.2, 0.25) is 11.8 Å². The zero-order chi connectivity index (χ0) is 14.1. The molecule has 0 unspecified atom stereocenters. The van der Waals surface area contributed by atoms with E-state index in [0.29, 0.717) is 25.0 Å². The van der Waals surface area contributed by atoms with Crippen LogP contribution in [0.1, 0.15) is 20.3 Å². The minimum Gasteiger partial charge on any atom is -0.475 e. The molecule has 2 N–H and O–H groups in total. The van der Waals surface area contributed by atoms with Crippen molar-refractivity contribution in [3.8, 4) is 5.88 Å². The van der Waals surface area contributed by atoms with Crippen LogP contribution in [-0.2, 0) is 4.74 Å². The van der Waals surface area contributed by atoms with Crippen molar-refractivity contribution in [3.63, 3.8) is 0 Å². The van der Waals surface area contributed by atoms with Crippen molar-refractivity contribution >= 4 is 5.95 Å². The molecule has 0 bridgehead atoms. The van der Waals surface area contributed by atoms with Crippen LogP contribution in [-0.4, -0.2) is 49.4 Å². The summed E-state index contributed by atoms with van der Waals surface area (Å²) in [5, 5.41) is 0. The second kappa shape index (κ2) is 8.66. The Morgan fingerprint density at radius 3 is 2.79 bits per heavy atom. The quantitative estimate of drug-likeness (QED) is 0.722. The standard InChI is InChI=1S/C13H24N4O2/c1-11(2)19-12-5-7-15-13(16-12)17(8-4-6-14)9-10-18-3/h5,7,11H,4,6,8-10,14H2,1-3H3. The van der Waals surface area contributed by atoms with Gasteiger partial charge in [0.05, 0.1) is 12.7 Å². The average molecular weight is 268 g/mol. The maximum atomic E-state index is 5.58. The van der Waals surface area contributed by atoms with E-state index in [-0.39, 0.29) is 6.10 Å². The van der Waals surface area contributed by atoms with Crippen LogP contribution in [0.4, 0.5) is 5.95 Å². The van der Waals surface area contributed by atoms with E-state index in [0.717, 1.165) is 19.5 Å². The lowest BCUT2D eigenvalue weighted by Crippen LogP contribution is -2.31. The number of anilines is 1. The number of rotatable bonds is 9. The summed E-state index contributed by atoms with van der Waals surface area (Å²) >= 11 is 0. The first-order valence-corrected chi connectivity index (χ1v) is 6.61. The van der Waals surface area contributed by atoms with Gasteiger partial charge in [0.15, 0.2) is 0 Å². The lowest BCUT2D eigenvalue weighted by Gasteiger charge is -2.22. The monoisotopic (exact) mass is 268 g/mol. The van der Waals surface area contributed by atoms with E-state index in [9.17, 15) is 0 Å². The fourth-order valence-corrected chi connectivity index (χ4v) is 1.59. The highest BCUT2D eigenvalue weighted by Crippen LogP contribution is 2.14. The van der Waals surface area contributed by atoms with Crippen molar-refractivity contribution in [2.75, 3.05) is 38.3 Å². The van der Waals surface area contributed by atoms with Crippen LogP contribution in [0.25, 0.3) is 0 Å². The van der Waals surface area contributed by atoms with Crippen molar-refractivity contribution in [2.24, 2.45) is 5.73 Å². The number of ether oxygens (including phenoxy) is 2. The first-order chi connectivity index (χ1) is 9.17. The summed E-state index contributed by atoms with van der Waals surface area (Å²) in [5.41, 5.74) is 5.56. The Morgan fingerprint density at radius 1 is 1.37 bits per heavy atom. The molecule has 0 atom stereocenters. The molecule has 1 heterocycles. The van der Waals surface area contributed by atoms with Crippen LogP contribution < -0.4 is 15.4 Å². The Balaban J connectivity index is 2.75. The summed E-state index contributed by atoms with van der Waals surface area (Å²) < 4.78 is 10.7. The van der Waals surface area contributed by atoms with Gasteiger partial charge in [0, 0.05) is 32.5 Å². The van der Waals surface area contributed by atoms with Crippen molar-refractivity contribution in [2.45, 2.75) is 26.4 Å². The fraction of sp³-hybridized carbons (Fsp3) is 0.692. The van der Waals surface area contributed by atoms with Gasteiger partial charge in [-0.05, 0) is 26.8 Å². The topological polar surface area (TPSA) is 73.5 Å². The first kappa shape index (κ1) is 15.7. The minimum absolute atomic E-state index is 0.0965. The van der Waals surface area contributed by atoms with Crippen LogP contribution in [0.3, 0.4) is 0 Å². The minimum atomic E-state index is 0.0965. The molecule has 0 aliphatic heterocycles. The molecule has 0 aliphatic carbocycles. The van der Waals surface area contributed by atoms with Crippen molar-refractivity contribution < 1.29 is 9.47 Å². The molecule has 0 radical (unpaired) electrons. The van der Waals surface area contributed by atoms with Crippen LogP contribution >= 0.6 is 0 Å². The van der Waals surface area contributed by atoms with Crippen LogP contribution in [0.5, 0.6) is 5.88 Å². The molecule has 1 aromatic rings. The van der Waals surface area contributed by atoms with Gasteiger partial charge in [0.25, 0.3) is 0 Å². The lowest BCUT2D eigenvalue weighted by molar-refractivity contribution is 0.204. The molecule has 6 heteroatoms. The molecular formula is C13H24N4O2. The van der Waals surface area contributed by atoms with E-state index in [1.54, 1.807) is 19.4 Å². The van der Waals surface area contributed by atoms with Gasteiger partial charge >= 0.3 is 0 Å². The van der Waals surface area contributed by atoms with Gasteiger partial charge in [-0.2, -0.15) is 4.98 Å². The Kier molecular flexibility index (Phi) is 7.14. The smallest absolute Gasteiger partial charge is 0.228 e. The molecule has 108 valence electrons. The van der Waals surface area contributed by atoms with Gasteiger partial charge in [0.1, 0.15) is 0 Å². The molecule has 0 saturated heterocycles. The fourth-order valence-electron chi connectivity index (χ4n) is 1.59. The molecule has 0 fully saturated rings. The Morgan fingerprint density at radius 2 is 2.16 bits per heavy atom. The predicted octanol–water partition coefficient (Wildman–Crippen LogP) is 1.07. The predicted molar refractivity (Wildman–Crippen MR) is 75.6 cm³/mol. The largest absolute Gasteiger partial charge is 0.475 e. The van der Waals surface area contributed by atoms with Gasteiger partial charge in [-0.3, -0.25) is 0 Å². The molecule has 0 spiro atoms. The zero-order valence-electron chi connectivity index (χ0n) is 12.0. The third kappa shape index (κ3) is 5.85. The van der Waals surface area contributed by atoms with Gasteiger partial charge in [-0.15, -0.1) is 0 Å². The average Bonchev–Trinajstić information content (AvgIpc) is 2.38. The number of hydrogen-bond donors (Lipinski definition) is 1. The second-order valence-corrected chi connectivity index (χ2v) is 4.48. The SMILES string of the molecule is COCCN(CCCN)c1nccc(OC(C)C)n1. The van der Waals surface area contributed by atoms with E-state index < -0.39 is 0 Å². The molecule has 19 heavy (non-hydrogen) atoms. The molecule has 1 rings (SSSR count). The Hall–Kier alpha value is -1.40. The summed E-state index contributed by atoms with van der Waals surface area (Å²) in [5.74, 6) is 1.25. The molecular weight excluding hydrogens is 244 g/mol. The highest BCUT2D eigenvalue weighted by Gasteiger charge is 2.10. The van der Waals surface area contributed by atoms with Crippen LogP contribution in [0, 0.1) is 0 Å². The highest BCUT2D eigenvalue weighted by molar-refractivity contribution is 5.31. The molecule has 1 aromatic heterocycles. The molecule has 0 saturated carbocycles. The van der Waals surface area contributed by atoms with Crippen molar-refractivity contribution in [3.05, 3.63) is 12.3 Å². The van der Waals surface area contributed by atoms with E-state index in [4.69, 9.17) is 15.2 Å². The number of nitrogens with zero attached hydrogens (tertiary/aromatic N) is 3. The molecule has 0 amide bonds. The van der Waals surface area contributed by atoms with E-state index in [1.807, 2.05) is 13.8 Å². The van der Waals surface area contributed by atoms with Crippen molar-refractivity contribution in [1.29, 1.82) is 0 Å². The van der Waals surface area contributed by atoms with Gasteiger partial charge in [-0.1, -0.05) is 0 Å². The van der Waals surface area contributed by atoms with Gasteiger partial charge in [-0.25, -0.2) is 4.98 Å². The third-order valence-corrected chi connectivity index (χ3v) is 2.45. The van der Waals surface area contributed by atoms with Crippen LogP contribution in [0.2, 0.25) is 0 Å². The summed E-state index contributed by atoms with van der Waals surface area (Å²) in [6, 6.07) is 1.76. The van der Waals surface area contributed by atoms with Gasteiger partial charge < -0.3 is 20.1 Å². The zero-order valence-corrected chi connectivity index (χ0v) is 12.0. The number of nitrogens with two attached hydrogens (primary N) is 1. The molecule has 0 aliphatic rings. The summed E-state index contributed by atoms with van der Waals surface area (Å²) in [4.78, 5) is 10.8. The summed E-state index contributed by atoms with van der Waals surface area (Å²) in [7, 11) is 1.68. The lowest BCUT2D eigenvalue weighted by atomic mass is 10.4. The molecule has 6 nitrogen and oxygen atoms in total. The number of aromatic nitrogens is 2. The highest BCUT2D eigenvalue weighted by atomic mass is 16.5. The summed E-state index contributed by atoms with van der Waals surface area (Å²) in [6.07, 6.45) is 2.70. The maximum absolute atomic E-state index is 5.58. The second-order valence-electron chi connectivity index (χ2n) is 4.48. The van der Waals surface area contributed by atoms with E-state index in [1.165, 1.54) is 0 Å². The molecule has 0 aromatic carbocycles. The number of methoxy groups -OCH3 is 1. The summed E-state index contributed by atoms with van der Waals surface area (Å²) in [6.45, 7) is 6.76. The van der Waals surface area contributed by atoms with Crippen LogP contribution in [0.15, 0.2) is 12.3 Å². The normalized spacial score (nSPS) is 10.8. The third-order valence-electron chi connectivity index (χ3n) is 2.45.